The highest BCUT2D eigenvalue weighted by atomic mass is 16.4. The van der Waals surface area contributed by atoms with Gasteiger partial charge in [-0.05, 0) is 44.6 Å². The second-order valence-electron chi connectivity index (χ2n) is 5.59. The van der Waals surface area contributed by atoms with Gasteiger partial charge < -0.3 is 15.7 Å². The lowest BCUT2D eigenvalue weighted by molar-refractivity contribution is -0.142. The molecule has 0 radical (unpaired) electrons. The molecule has 2 fully saturated rings. The second-order valence-corrected chi connectivity index (χ2v) is 5.59. The summed E-state index contributed by atoms with van der Waals surface area (Å²) in [6, 6.07) is 0.0879. The molecule has 0 aromatic heterocycles. The molecule has 2 atom stereocenters. The Morgan fingerprint density at radius 2 is 1.83 bits per heavy atom. The van der Waals surface area contributed by atoms with E-state index >= 15 is 0 Å². The Morgan fingerprint density at radius 1 is 1.17 bits per heavy atom. The molecule has 1 aliphatic heterocycles. The summed E-state index contributed by atoms with van der Waals surface area (Å²) in [5, 5.41) is 15.2. The number of hydrogen-bond donors (Lipinski definition) is 3. The fourth-order valence-electron chi connectivity index (χ4n) is 2.96. The maximum absolute atomic E-state index is 12.0. The summed E-state index contributed by atoms with van der Waals surface area (Å²) in [4.78, 5) is 22.9. The number of carbonyl (C=O) groups is 2. The van der Waals surface area contributed by atoms with Crippen molar-refractivity contribution in [2.75, 3.05) is 6.54 Å². The van der Waals surface area contributed by atoms with E-state index in [0.717, 1.165) is 25.8 Å². The van der Waals surface area contributed by atoms with E-state index in [-0.39, 0.29) is 23.9 Å². The Hall–Kier alpha value is -1.10. The van der Waals surface area contributed by atoms with E-state index in [2.05, 4.69) is 17.6 Å². The molecule has 5 heteroatoms. The Labute approximate surface area is 107 Å². The molecular weight excluding hydrogens is 232 g/mol. The van der Waals surface area contributed by atoms with E-state index in [0.29, 0.717) is 18.8 Å². The van der Waals surface area contributed by atoms with Crippen molar-refractivity contribution in [1.82, 2.24) is 10.6 Å². The molecule has 2 aliphatic rings. The third-order valence-electron chi connectivity index (χ3n) is 4.24. The third kappa shape index (κ3) is 3.02. The lowest BCUT2D eigenvalue weighted by Crippen LogP contribution is -2.48. The molecule has 1 amide bonds. The van der Waals surface area contributed by atoms with Crippen LogP contribution < -0.4 is 10.6 Å². The lowest BCUT2D eigenvalue weighted by atomic mass is 9.86. The van der Waals surface area contributed by atoms with Gasteiger partial charge in [0.05, 0.1) is 12.0 Å². The van der Waals surface area contributed by atoms with Crippen molar-refractivity contribution in [3.05, 3.63) is 0 Å². The first-order valence-electron chi connectivity index (χ1n) is 6.84. The molecule has 1 heterocycles. The van der Waals surface area contributed by atoms with Crippen LogP contribution in [0.5, 0.6) is 0 Å². The first-order valence-corrected chi connectivity index (χ1v) is 6.84. The van der Waals surface area contributed by atoms with Gasteiger partial charge in [0.15, 0.2) is 0 Å². The summed E-state index contributed by atoms with van der Waals surface area (Å²) in [5.74, 6) is -0.452. The van der Waals surface area contributed by atoms with E-state index in [9.17, 15) is 9.59 Å². The SMILES string of the molecule is CC1CCNC1C(=O)NC1CCC(C(=O)O)CC1. The van der Waals surface area contributed by atoms with Crippen LogP contribution in [-0.2, 0) is 9.59 Å². The van der Waals surface area contributed by atoms with Gasteiger partial charge >= 0.3 is 5.97 Å². The smallest absolute Gasteiger partial charge is 0.306 e. The number of carbonyl (C=O) groups excluding carboxylic acids is 1. The maximum Gasteiger partial charge on any atom is 0.306 e. The van der Waals surface area contributed by atoms with Gasteiger partial charge in [0.2, 0.25) is 5.91 Å². The number of aliphatic carboxylic acids is 1. The predicted molar refractivity (Wildman–Crippen MR) is 67.1 cm³/mol. The fourth-order valence-corrected chi connectivity index (χ4v) is 2.96. The highest BCUT2D eigenvalue weighted by Gasteiger charge is 2.32. The molecule has 0 aromatic carbocycles. The Balaban J connectivity index is 1.77. The van der Waals surface area contributed by atoms with Crippen molar-refractivity contribution in [3.63, 3.8) is 0 Å². The normalized spacial score (nSPS) is 36.3. The molecule has 2 unspecified atom stereocenters. The van der Waals surface area contributed by atoms with Crippen molar-refractivity contribution in [2.24, 2.45) is 11.8 Å². The Morgan fingerprint density at radius 3 is 2.33 bits per heavy atom. The highest BCUT2D eigenvalue weighted by molar-refractivity contribution is 5.82. The lowest BCUT2D eigenvalue weighted by Gasteiger charge is -2.28. The average Bonchev–Trinajstić information content (AvgIpc) is 2.76. The Kier molecular flexibility index (Phi) is 4.22. The quantitative estimate of drug-likeness (QED) is 0.694. The van der Waals surface area contributed by atoms with Crippen LogP contribution in [0, 0.1) is 11.8 Å². The minimum atomic E-state index is -0.703. The van der Waals surface area contributed by atoms with Gasteiger partial charge in [0.25, 0.3) is 0 Å². The topological polar surface area (TPSA) is 78.4 Å². The van der Waals surface area contributed by atoms with Gasteiger partial charge in [-0.1, -0.05) is 6.92 Å². The van der Waals surface area contributed by atoms with Crippen molar-refractivity contribution in [1.29, 1.82) is 0 Å². The number of nitrogens with one attached hydrogen (secondary N) is 2. The molecule has 0 aromatic rings. The number of rotatable bonds is 3. The van der Waals surface area contributed by atoms with Gasteiger partial charge in [-0.15, -0.1) is 0 Å². The molecule has 0 bridgehead atoms. The monoisotopic (exact) mass is 254 g/mol. The van der Waals surface area contributed by atoms with E-state index in [1.807, 2.05) is 0 Å². The molecule has 102 valence electrons. The zero-order chi connectivity index (χ0) is 13.1. The fraction of sp³-hybridized carbons (Fsp3) is 0.846. The predicted octanol–water partition coefficient (Wildman–Crippen LogP) is 0.744. The van der Waals surface area contributed by atoms with Crippen LogP contribution in [0.25, 0.3) is 0 Å². The maximum atomic E-state index is 12.0. The molecular formula is C13H22N2O3. The van der Waals surface area contributed by atoms with Gasteiger partial charge in [-0.2, -0.15) is 0 Å². The average molecular weight is 254 g/mol. The second kappa shape index (κ2) is 5.69. The minimum Gasteiger partial charge on any atom is -0.481 e. The van der Waals surface area contributed by atoms with E-state index in [4.69, 9.17) is 5.11 Å². The molecule has 18 heavy (non-hydrogen) atoms. The molecule has 0 spiro atoms. The minimum absolute atomic E-state index is 0.0674. The highest BCUT2D eigenvalue weighted by Crippen LogP contribution is 2.25. The summed E-state index contributed by atoms with van der Waals surface area (Å²) in [6.07, 6.45) is 3.96. The van der Waals surface area contributed by atoms with Gasteiger partial charge in [0.1, 0.15) is 0 Å². The van der Waals surface area contributed by atoms with E-state index in [1.165, 1.54) is 0 Å². The van der Waals surface area contributed by atoms with Crippen molar-refractivity contribution in [3.8, 4) is 0 Å². The third-order valence-corrected chi connectivity index (χ3v) is 4.24. The zero-order valence-corrected chi connectivity index (χ0v) is 10.8. The van der Waals surface area contributed by atoms with Gasteiger partial charge in [-0.25, -0.2) is 0 Å². The van der Waals surface area contributed by atoms with Gasteiger partial charge in [-0.3, -0.25) is 9.59 Å². The van der Waals surface area contributed by atoms with Crippen LogP contribution in [0.4, 0.5) is 0 Å². The molecule has 3 N–H and O–H groups in total. The van der Waals surface area contributed by atoms with Crippen LogP contribution >= 0.6 is 0 Å². The van der Waals surface area contributed by atoms with E-state index < -0.39 is 5.97 Å². The Bertz CT molecular complexity index is 324. The first kappa shape index (κ1) is 13.3. The number of hydrogen-bond acceptors (Lipinski definition) is 3. The van der Waals surface area contributed by atoms with Crippen LogP contribution in [0.2, 0.25) is 0 Å². The summed E-state index contributed by atoms with van der Waals surface area (Å²) < 4.78 is 0. The van der Waals surface area contributed by atoms with Gasteiger partial charge in [0, 0.05) is 6.04 Å². The number of amides is 1. The largest absolute Gasteiger partial charge is 0.481 e. The molecule has 1 saturated carbocycles. The first-order chi connectivity index (χ1) is 8.58. The van der Waals surface area contributed by atoms with E-state index in [1.54, 1.807) is 0 Å². The molecule has 5 nitrogen and oxygen atoms in total. The molecule has 1 saturated heterocycles. The number of carboxylic acids is 1. The zero-order valence-electron chi connectivity index (χ0n) is 10.8. The van der Waals surface area contributed by atoms with Crippen LogP contribution in [0.15, 0.2) is 0 Å². The van der Waals surface area contributed by atoms with Crippen LogP contribution in [0.1, 0.15) is 39.0 Å². The van der Waals surface area contributed by atoms with Crippen molar-refractivity contribution in [2.45, 2.75) is 51.1 Å². The summed E-state index contributed by atoms with van der Waals surface area (Å²) in [6.45, 7) is 3.00. The summed E-state index contributed by atoms with van der Waals surface area (Å²) in [7, 11) is 0. The van der Waals surface area contributed by atoms with Crippen molar-refractivity contribution >= 4 is 11.9 Å². The van der Waals surface area contributed by atoms with Crippen LogP contribution in [-0.4, -0.2) is 35.6 Å². The summed E-state index contributed by atoms with van der Waals surface area (Å²) in [5.41, 5.74) is 0. The van der Waals surface area contributed by atoms with Crippen molar-refractivity contribution < 1.29 is 14.7 Å². The summed E-state index contributed by atoms with van der Waals surface area (Å²) >= 11 is 0. The van der Waals surface area contributed by atoms with Crippen LogP contribution in [0.3, 0.4) is 0 Å². The molecule has 2 rings (SSSR count). The molecule has 1 aliphatic carbocycles. The number of carboxylic acid groups (broad SMARTS) is 1. The standard InChI is InChI=1S/C13H22N2O3/c1-8-6-7-14-11(8)12(16)15-10-4-2-9(3-5-10)13(17)18/h8-11,14H,2-7H2,1H3,(H,15,16)(H,17,18).